The molecule has 0 bridgehead atoms. The van der Waals surface area contributed by atoms with Crippen LogP contribution in [0.1, 0.15) is 72.4 Å². The number of carbonyl (C=O) groups is 1. The topological polar surface area (TPSA) is 87.6 Å². The Labute approximate surface area is 321 Å². The summed E-state index contributed by atoms with van der Waals surface area (Å²) in [5, 5.41) is 10.6. The molecule has 0 atom stereocenters. The minimum absolute atomic E-state index is 0. The molecule has 4 rings (SSSR count). The van der Waals surface area contributed by atoms with E-state index < -0.39 is 59.8 Å². The second-order valence-electron chi connectivity index (χ2n) is 12.2. The Balaban J connectivity index is 0.00000756. The monoisotopic (exact) mass is 765 g/mol. The minimum atomic E-state index is -5.15. The van der Waals surface area contributed by atoms with Gasteiger partial charge in [0.1, 0.15) is 5.75 Å². The maximum absolute atomic E-state index is 14.0. The Bertz CT molecular complexity index is 1820. The Morgan fingerprint density at radius 3 is 1.91 bits per heavy atom. The average Bonchev–Trinajstić information content (AvgIpc) is 3.06. The van der Waals surface area contributed by atoms with Gasteiger partial charge in [0.2, 0.25) is 5.95 Å². The van der Waals surface area contributed by atoms with Gasteiger partial charge in [0.05, 0.1) is 42.8 Å². The van der Waals surface area contributed by atoms with Gasteiger partial charge in [-0.2, -0.15) is 39.5 Å². The van der Waals surface area contributed by atoms with Gasteiger partial charge in [-0.1, -0.05) is 26.0 Å². The quantitative estimate of drug-likeness (QED) is 0.0907. The van der Waals surface area contributed by atoms with Crippen molar-refractivity contribution in [2.45, 2.75) is 70.6 Å². The van der Waals surface area contributed by atoms with E-state index in [1.807, 2.05) is 13.8 Å². The number of rotatable bonds is 14. The average molecular weight is 766 g/mol. The van der Waals surface area contributed by atoms with Crippen LogP contribution in [0.3, 0.4) is 0 Å². The van der Waals surface area contributed by atoms with E-state index in [1.54, 1.807) is 18.2 Å². The number of carboxylic acids is 1. The van der Waals surface area contributed by atoms with Crippen molar-refractivity contribution >= 4 is 11.9 Å². The predicted molar refractivity (Wildman–Crippen MR) is 170 cm³/mol. The molecule has 0 aliphatic rings. The molecule has 0 aliphatic carbocycles. The number of carboxylic acid groups (broad SMARTS) is 1. The van der Waals surface area contributed by atoms with E-state index in [1.165, 1.54) is 25.6 Å². The van der Waals surface area contributed by atoms with Crippen molar-refractivity contribution < 1.29 is 88.4 Å². The van der Waals surface area contributed by atoms with Crippen LogP contribution in [0.4, 0.5) is 45.5 Å². The number of carbonyl (C=O) groups excluding carboxylic acids is 1. The Morgan fingerprint density at radius 2 is 1.38 bits per heavy atom. The van der Waals surface area contributed by atoms with Crippen LogP contribution in [-0.2, 0) is 36.4 Å². The smallest absolute Gasteiger partial charge is 0.550 e. The largest absolute Gasteiger partial charge is 1.00 e. The van der Waals surface area contributed by atoms with Gasteiger partial charge in [0, 0.05) is 24.6 Å². The van der Waals surface area contributed by atoms with Gasteiger partial charge in [0.25, 0.3) is 0 Å². The number of halogens is 9. The summed E-state index contributed by atoms with van der Waals surface area (Å²) in [5.74, 6) is -1.06. The summed E-state index contributed by atoms with van der Waals surface area (Å²) in [7, 11) is 1.37. The molecule has 0 saturated heterocycles. The SMILES string of the molecule is COc1ccc(C(C)C)cc1-c1ccc(C(F)(F)F)cc1CN(Cc1cc(C(F)(F)F)cc(C(F)(F)F)c1)c1ncc(OCCCCC(=O)[O-])cn1.[Na+]. The van der Waals surface area contributed by atoms with Gasteiger partial charge in [0.15, 0.2) is 5.75 Å². The first-order valence-corrected chi connectivity index (χ1v) is 15.8. The second kappa shape index (κ2) is 17.9. The van der Waals surface area contributed by atoms with Crippen molar-refractivity contribution in [3.63, 3.8) is 0 Å². The molecule has 17 heteroatoms. The number of aliphatic carboxylic acids is 1. The van der Waals surface area contributed by atoms with Crippen LogP contribution >= 0.6 is 0 Å². The summed E-state index contributed by atoms with van der Waals surface area (Å²) in [6.07, 6.45) is -12.4. The molecule has 0 amide bonds. The molecule has 4 aromatic rings. The molecule has 280 valence electrons. The minimum Gasteiger partial charge on any atom is -0.550 e. The maximum atomic E-state index is 14.0. The van der Waals surface area contributed by atoms with Crippen LogP contribution in [0.5, 0.6) is 11.5 Å². The molecule has 53 heavy (non-hydrogen) atoms. The van der Waals surface area contributed by atoms with Gasteiger partial charge in [-0.3, -0.25) is 0 Å². The molecule has 3 aromatic carbocycles. The van der Waals surface area contributed by atoms with E-state index in [9.17, 15) is 49.4 Å². The number of unbranched alkanes of at least 4 members (excludes halogenated alkanes) is 1. The summed E-state index contributed by atoms with van der Waals surface area (Å²) < 4.78 is 136. The first-order chi connectivity index (χ1) is 24.3. The maximum Gasteiger partial charge on any atom is 1.00 e. The van der Waals surface area contributed by atoms with Crippen LogP contribution < -0.4 is 49.0 Å². The number of anilines is 1. The molecule has 0 unspecified atom stereocenters. The number of hydrogen-bond donors (Lipinski definition) is 0. The van der Waals surface area contributed by atoms with Crippen molar-refractivity contribution in [1.29, 1.82) is 0 Å². The number of nitrogens with zero attached hydrogens (tertiary/aromatic N) is 3. The first kappa shape index (κ1) is 43.4. The number of alkyl halides is 9. The summed E-state index contributed by atoms with van der Waals surface area (Å²) in [4.78, 5) is 20.1. The van der Waals surface area contributed by atoms with E-state index >= 15 is 0 Å². The fraction of sp³-hybridized carbons (Fsp3) is 0.361. The molecular weight excluding hydrogens is 732 g/mol. The fourth-order valence-corrected chi connectivity index (χ4v) is 5.30. The van der Waals surface area contributed by atoms with E-state index in [4.69, 9.17) is 9.47 Å². The van der Waals surface area contributed by atoms with Gasteiger partial charge in [-0.15, -0.1) is 0 Å². The van der Waals surface area contributed by atoms with E-state index in [0.717, 1.165) is 22.6 Å². The van der Waals surface area contributed by atoms with Gasteiger partial charge < -0.3 is 24.3 Å². The van der Waals surface area contributed by atoms with Crippen molar-refractivity contribution in [3.05, 3.63) is 100 Å². The van der Waals surface area contributed by atoms with Crippen molar-refractivity contribution in [2.24, 2.45) is 0 Å². The van der Waals surface area contributed by atoms with E-state index in [-0.39, 0.29) is 83.8 Å². The third-order valence-corrected chi connectivity index (χ3v) is 7.94. The number of methoxy groups -OCH3 is 1. The normalized spacial score (nSPS) is 12.0. The number of aromatic nitrogens is 2. The third-order valence-electron chi connectivity index (χ3n) is 7.94. The van der Waals surface area contributed by atoms with Crippen LogP contribution in [-0.4, -0.2) is 29.7 Å². The second-order valence-corrected chi connectivity index (χ2v) is 12.2. The van der Waals surface area contributed by atoms with E-state index in [2.05, 4.69) is 9.97 Å². The van der Waals surface area contributed by atoms with Crippen molar-refractivity contribution in [1.82, 2.24) is 9.97 Å². The Kier molecular flexibility index (Phi) is 14.6. The zero-order valence-corrected chi connectivity index (χ0v) is 31.0. The standard InChI is InChI=1S/C36H34F9N3O4.Na/c1-21(2)23-7-10-31(51-3)30(15-23)29-9-8-25(34(37,38)39)14-24(29)20-48(33-46-17-28(18-47-33)52-11-5-4-6-32(49)50)19-22-12-26(35(40,41)42)16-27(13-22)36(43,44)45;/h7-10,12-18,21H,4-6,11,19-20H2,1-3H3,(H,49,50);/q;+1/p-1. The summed E-state index contributed by atoms with van der Waals surface area (Å²) >= 11 is 0. The molecule has 0 spiro atoms. The fourth-order valence-electron chi connectivity index (χ4n) is 5.30. The predicted octanol–water partition coefficient (Wildman–Crippen LogP) is 5.84. The van der Waals surface area contributed by atoms with Gasteiger partial charge >= 0.3 is 48.1 Å². The molecule has 1 aromatic heterocycles. The molecule has 0 saturated carbocycles. The van der Waals surface area contributed by atoms with E-state index in [0.29, 0.717) is 29.9 Å². The molecule has 0 fully saturated rings. The van der Waals surface area contributed by atoms with Crippen LogP contribution in [0.2, 0.25) is 0 Å². The summed E-state index contributed by atoms with van der Waals surface area (Å²) in [6.45, 7) is 2.69. The van der Waals surface area contributed by atoms with Crippen LogP contribution in [0, 0.1) is 0 Å². The molecule has 0 N–H and O–H groups in total. The Hall–Kier alpha value is -4.02. The van der Waals surface area contributed by atoms with Crippen LogP contribution in [0.15, 0.2) is 67.0 Å². The summed E-state index contributed by atoms with van der Waals surface area (Å²) in [5.41, 5.74) is -3.19. The molecule has 0 aliphatic heterocycles. The number of ether oxygens (including phenoxy) is 2. The third kappa shape index (κ3) is 12.0. The number of benzene rings is 3. The molecule has 0 radical (unpaired) electrons. The van der Waals surface area contributed by atoms with Crippen LogP contribution in [0.25, 0.3) is 11.1 Å². The zero-order chi connectivity index (χ0) is 38.4. The van der Waals surface area contributed by atoms with Crippen molar-refractivity contribution in [3.8, 4) is 22.6 Å². The zero-order valence-electron chi connectivity index (χ0n) is 29.0. The molecule has 7 nitrogen and oxygen atoms in total. The van der Waals surface area contributed by atoms with Gasteiger partial charge in [-0.05, 0) is 89.9 Å². The first-order valence-electron chi connectivity index (χ1n) is 15.8. The van der Waals surface area contributed by atoms with Crippen molar-refractivity contribution in [2.75, 3.05) is 18.6 Å². The van der Waals surface area contributed by atoms with Gasteiger partial charge in [-0.25, -0.2) is 9.97 Å². The molecule has 1 heterocycles. The molecular formula is C36H33F9N3NaO4. The number of hydrogen-bond acceptors (Lipinski definition) is 7. The Morgan fingerprint density at radius 1 is 0.774 bits per heavy atom. The summed E-state index contributed by atoms with van der Waals surface area (Å²) in [6, 6.07) is 9.12.